The number of carbonyl (C=O) groups is 1. The molecule has 0 saturated carbocycles. The topological polar surface area (TPSA) is 43.6 Å². The first-order chi connectivity index (χ1) is 8.38. The van der Waals surface area contributed by atoms with Gasteiger partial charge >= 0.3 is 12.1 Å². The van der Waals surface area contributed by atoms with E-state index in [4.69, 9.17) is 0 Å². The third kappa shape index (κ3) is 2.44. The molecule has 0 N–H and O–H groups in total. The van der Waals surface area contributed by atoms with Crippen LogP contribution in [0.15, 0.2) is 30.6 Å². The van der Waals surface area contributed by atoms with Crippen molar-refractivity contribution in [2.24, 2.45) is 0 Å². The molecule has 0 amide bonds. The molecular weight excluding hydrogens is 249 g/mol. The van der Waals surface area contributed by atoms with Gasteiger partial charge in [0.25, 0.3) is 0 Å². The predicted molar refractivity (Wildman–Crippen MR) is 56.1 cm³/mol. The lowest BCUT2D eigenvalue weighted by molar-refractivity contribution is -0.198. The van der Waals surface area contributed by atoms with E-state index in [1.165, 1.54) is 10.6 Å². The number of hydrogen-bond donors (Lipinski definition) is 0. The Bertz CT molecular complexity index is 544. The standard InChI is InChI=1S/C11H9F3N2O2/c1-7(11(12,13)14)18-10(17)8-6-16-5-3-2-4-9(16)15-8/h2-7H,1H3/t7-/m1/s1. The van der Waals surface area contributed by atoms with E-state index in [0.717, 1.165) is 6.92 Å². The maximum absolute atomic E-state index is 12.2. The number of rotatable bonds is 2. The van der Waals surface area contributed by atoms with Gasteiger partial charge in [0.1, 0.15) is 5.65 Å². The molecule has 0 radical (unpaired) electrons. The largest absolute Gasteiger partial charge is 0.448 e. The molecule has 2 rings (SSSR count). The zero-order chi connectivity index (χ0) is 13.3. The van der Waals surface area contributed by atoms with Crippen molar-refractivity contribution >= 4 is 11.6 Å². The molecule has 96 valence electrons. The van der Waals surface area contributed by atoms with Gasteiger partial charge in [-0.25, -0.2) is 9.78 Å². The Labute approximate surface area is 100 Å². The highest BCUT2D eigenvalue weighted by molar-refractivity contribution is 5.88. The van der Waals surface area contributed by atoms with Gasteiger partial charge < -0.3 is 9.14 Å². The van der Waals surface area contributed by atoms with E-state index in [1.807, 2.05) is 0 Å². The van der Waals surface area contributed by atoms with E-state index in [-0.39, 0.29) is 5.69 Å². The van der Waals surface area contributed by atoms with Crippen LogP contribution in [0.1, 0.15) is 17.4 Å². The molecule has 0 aromatic carbocycles. The summed E-state index contributed by atoms with van der Waals surface area (Å²) in [6, 6.07) is 5.04. The van der Waals surface area contributed by atoms with Gasteiger partial charge in [-0.05, 0) is 19.1 Å². The minimum atomic E-state index is -4.57. The van der Waals surface area contributed by atoms with Gasteiger partial charge in [-0.15, -0.1) is 0 Å². The molecular formula is C11H9F3N2O2. The van der Waals surface area contributed by atoms with E-state index in [9.17, 15) is 18.0 Å². The third-order valence-electron chi connectivity index (χ3n) is 2.32. The van der Waals surface area contributed by atoms with Crippen LogP contribution in [0.5, 0.6) is 0 Å². The van der Waals surface area contributed by atoms with Gasteiger partial charge in [-0.1, -0.05) is 6.07 Å². The van der Waals surface area contributed by atoms with Crippen LogP contribution < -0.4 is 0 Å². The quantitative estimate of drug-likeness (QED) is 0.777. The second-order valence-corrected chi connectivity index (χ2v) is 3.68. The fourth-order valence-corrected chi connectivity index (χ4v) is 1.32. The second-order valence-electron chi connectivity index (χ2n) is 3.68. The molecule has 0 unspecified atom stereocenters. The summed E-state index contributed by atoms with van der Waals surface area (Å²) in [4.78, 5) is 15.3. The Morgan fingerprint density at radius 2 is 2.17 bits per heavy atom. The molecule has 2 aromatic heterocycles. The van der Waals surface area contributed by atoms with Gasteiger partial charge in [0, 0.05) is 12.4 Å². The molecule has 0 spiro atoms. The normalized spacial score (nSPS) is 13.6. The molecule has 0 fully saturated rings. The number of hydrogen-bond acceptors (Lipinski definition) is 3. The van der Waals surface area contributed by atoms with Crippen molar-refractivity contribution in [2.75, 3.05) is 0 Å². The van der Waals surface area contributed by atoms with E-state index >= 15 is 0 Å². The first-order valence-corrected chi connectivity index (χ1v) is 5.09. The van der Waals surface area contributed by atoms with Crippen LogP contribution in [-0.4, -0.2) is 27.6 Å². The summed E-state index contributed by atoms with van der Waals surface area (Å²) in [6.45, 7) is 0.772. The average molecular weight is 258 g/mol. The lowest BCUT2D eigenvalue weighted by Crippen LogP contribution is -2.31. The van der Waals surface area contributed by atoms with E-state index in [1.54, 1.807) is 24.4 Å². The lowest BCUT2D eigenvalue weighted by Gasteiger charge is -2.15. The number of aromatic nitrogens is 2. The molecule has 18 heavy (non-hydrogen) atoms. The van der Waals surface area contributed by atoms with Crippen molar-refractivity contribution in [2.45, 2.75) is 19.2 Å². The number of halogens is 3. The van der Waals surface area contributed by atoms with Crippen LogP contribution in [0, 0.1) is 0 Å². The minimum absolute atomic E-state index is 0.155. The van der Waals surface area contributed by atoms with E-state index < -0.39 is 18.2 Å². The fraction of sp³-hybridized carbons (Fsp3) is 0.273. The highest BCUT2D eigenvalue weighted by atomic mass is 19.4. The summed E-state index contributed by atoms with van der Waals surface area (Å²) in [5, 5.41) is 0. The summed E-state index contributed by atoms with van der Waals surface area (Å²) >= 11 is 0. The summed E-state index contributed by atoms with van der Waals surface area (Å²) in [7, 11) is 0. The van der Waals surface area contributed by atoms with Crippen molar-refractivity contribution < 1.29 is 22.7 Å². The van der Waals surface area contributed by atoms with Gasteiger partial charge in [-0.2, -0.15) is 13.2 Å². The van der Waals surface area contributed by atoms with Crippen LogP contribution in [-0.2, 0) is 4.74 Å². The molecule has 1 atom stereocenters. The van der Waals surface area contributed by atoms with Crippen molar-refractivity contribution in [1.82, 2.24) is 9.38 Å². The summed E-state index contributed by atoms with van der Waals surface area (Å²) in [5.41, 5.74) is 0.307. The number of carbonyl (C=O) groups excluding carboxylic acids is 1. The molecule has 7 heteroatoms. The van der Waals surface area contributed by atoms with Crippen LogP contribution in [0.3, 0.4) is 0 Å². The second kappa shape index (κ2) is 4.32. The van der Waals surface area contributed by atoms with Crippen LogP contribution in [0.25, 0.3) is 5.65 Å². The molecule has 4 nitrogen and oxygen atoms in total. The van der Waals surface area contributed by atoms with Crippen LogP contribution >= 0.6 is 0 Å². The Hall–Kier alpha value is -2.05. The number of fused-ring (bicyclic) bond motifs is 1. The van der Waals surface area contributed by atoms with Crippen LogP contribution in [0.4, 0.5) is 13.2 Å². The summed E-state index contributed by atoms with van der Waals surface area (Å²) in [5.74, 6) is -1.09. The Kier molecular flexibility index (Phi) is 2.98. The molecule has 2 aromatic rings. The monoisotopic (exact) mass is 258 g/mol. The predicted octanol–water partition coefficient (Wildman–Crippen LogP) is 2.44. The lowest BCUT2D eigenvalue weighted by atomic mass is 10.4. The van der Waals surface area contributed by atoms with E-state index in [0.29, 0.717) is 5.65 Å². The van der Waals surface area contributed by atoms with Gasteiger partial charge in [0.15, 0.2) is 11.8 Å². The molecule has 0 aliphatic rings. The van der Waals surface area contributed by atoms with Gasteiger partial charge in [-0.3, -0.25) is 0 Å². The first kappa shape index (κ1) is 12.4. The Morgan fingerprint density at radius 3 is 2.78 bits per heavy atom. The zero-order valence-corrected chi connectivity index (χ0v) is 9.31. The average Bonchev–Trinajstić information content (AvgIpc) is 2.71. The summed E-state index contributed by atoms with van der Waals surface area (Å²) in [6.07, 6.45) is -3.78. The highest BCUT2D eigenvalue weighted by Crippen LogP contribution is 2.23. The van der Waals surface area contributed by atoms with Crippen molar-refractivity contribution in [3.8, 4) is 0 Å². The van der Waals surface area contributed by atoms with Crippen molar-refractivity contribution in [3.05, 3.63) is 36.3 Å². The fourth-order valence-electron chi connectivity index (χ4n) is 1.32. The van der Waals surface area contributed by atoms with Gasteiger partial charge in [0.05, 0.1) is 0 Å². The number of ether oxygens (including phenoxy) is 1. The molecule has 0 saturated heterocycles. The number of imidazole rings is 1. The number of pyridine rings is 1. The smallest absolute Gasteiger partial charge is 0.425 e. The third-order valence-corrected chi connectivity index (χ3v) is 2.32. The van der Waals surface area contributed by atoms with Gasteiger partial charge in [0.2, 0.25) is 0 Å². The number of esters is 1. The molecule has 0 aliphatic heterocycles. The Morgan fingerprint density at radius 1 is 1.44 bits per heavy atom. The SMILES string of the molecule is C[C@@H](OC(=O)c1cn2ccccc2n1)C(F)(F)F. The molecule has 0 aliphatic carbocycles. The molecule has 2 heterocycles. The minimum Gasteiger partial charge on any atom is -0.448 e. The number of alkyl halides is 3. The van der Waals surface area contributed by atoms with Crippen molar-refractivity contribution in [1.29, 1.82) is 0 Å². The van der Waals surface area contributed by atoms with E-state index in [2.05, 4.69) is 9.72 Å². The van der Waals surface area contributed by atoms with Crippen molar-refractivity contribution in [3.63, 3.8) is 0 Å². The maximum Gasteiger partial charge on any atom is 0.425 e. The maximum atomic E-state index is 12.2. The van der Waals surface area contributed by atoms with Crippen LogP contribution in [0.2, 0.25) is 0 Å². The Balaban J connectivity index is 2.19. The first-order valence-electron chi connectivity index (χ1n) is 5.09. The summed E-state index contributed by atoms with van der Waals surface area (Å²) < 4.78 is 42.5. The number of nitrogens with zero attached hydrogens (tertiary/aromatic N) is 2. The highest BCUT2D eigenvalue weighted by Gasteiger charge is 2.39. The zero-order valence-electron chi connectivity index (χ0n) is 9.31. The molecule has 0 bridgehead atoms.